The Balaban J connectivity index is 1.79. The molecule has 2 aromatic rings. The number of ether oxygens (including phenoxy) is 2. The molecular formula is C25H29FN4O5. The fourth-order valence-corrected chi connectivity index (χ4v) is 3.69. The molecule has 0 saturated carbocycles. The molecular weight excluding hydrogens is 455 g/mol. The van der Waals surface area contributed by atoms with E-state index in [-0.39, 0.29) is 24.9 Å². The van der Waals surface area contributed by atoms with Crippen molar-refractivity contribution in [1.29, 1.82) is 0 Å². The van der Waals surface area contributed by atoms with Crippen LogP contribution in [0, 0.1) is 5.82 Å². The lowest BCUT2D eigenvalue weighted by atomic mass is 9.94. The van der Waals surface area contributed by atoms with Crippen molar-refractivity contribution < 1.29 is 28.2 Å². The first-order chi connectivity index (χ1) is 16.8. The molecule has 0 saturated heterocycles. The molecule has 35 heavy (non-hydrogen) atoms. The van der Waals surface area contributed by atoms with Crippen LogP contribution in [0.5, 0.6) is 0 Å². The Bertz CT molecular complexity index is 1100. The number of para-hydroxylation sites is 1. The molecule has 1 aliphatic rings. The number of amides is 4. The zero-order chi connectivity index (χ0) is 25.4. The number of anilines is 2. The number of esters is 1. The summed E-state index contributed by atoms with van der Waals surface area (Å²) in [5, 5.41) is 7.95. The van der Waals surface area contributed by atoms with Crippen molar-refractivity contribution in [2.75, 3.05) is 37.5 Å². The number of urea groups is 2. The fraction of sp³-hybridized carbons (Fsp3) is 0.320. The average molecular weight is 485 g/mol. The second-order valence-electron chi connectivity index (χ2n) is 7.84. The minimum Gasteiger partial charge on any atom is -0.460 e. The van der Waals surface area contributed by atoms with Gasteiger partial charge in [-0.2, -0.15) is 0 Å². The van der Waals surface area contributed by atoms with Crippen molar-refractivity contribution in [3.05, 3.63) is 71.2 Å². The quantitative estimate of drug-likeness (QED) is 0.361. The number of hydrogen-bond donors (Lipinski definition) is 3. The summed E-state index contributed by atoms with van der Waals surface area (Å²) in [6.07, 6.45) is 0.719. The molecule has 2 aromatic carbocycles. The van der Waals surface area contributed by atoms with Crippen molar-refractivity contribution in [3.8, 4) is 0 Å². The van der Waals surface area contributed by atoms with Gasteiger partial charge in [0.1, 0.15) is 12.4 Å². The molecule has 3 N–H and O–H groups in total. The minimum absolute atomic E-state index is 0.0559. The van der Waals surface area contributed by atoms with Gasteiger partial charge >= 0.3 is 18.0 Å². The first-order valence-corrected chi connectivity index (χ1v) is 11.2. The molecule has 0 bridgehead atoms. The van der Waals surface area contributed by atoms with Gasteiger partial charge in [0.25, 0.3) is 0 Å². The molecule has 0 radical (unpaired) electrons. The summed E-state index contributed by atoms with van der Waals surface area (Å²) in [6.45, 7) is 4.46. The molecule has 1 unspecified atom stereocenters. The van der Waals surface area contributed by atoms with Gasteiger partial charge in [0.15, 0.2) is 0 Å². The number of nitrogens with one attached hydrogen (secondary N) is 3. The number of rotatable bonds is 9. The van der Waals surface area contributed by atoms with Crippen LogP contribution in [0.25, 0.3) is 0 Å². The van der Waals surface area contributed by atoms with E-state index in [0.717, 1.165) is 6.42 Å². The van der Waals surface area contributed by atoms with Crippen molar-refractivity contribution in [1.82, 2.24) is 10.2 Å². The van der Waals surface area contributed by atoms with E-state index in [9.17, 15) is 18.8 Å². The summed E-state index contributed by atoms with van der Waals surface area (Å²) < 4.78 is 24.1. The third kappa shape index (κ3) is 6.36. The molecule has 0 spiro atoms. The Morgan fingerprint density at radius 1 is 1.09 bits per heavy atom. The zero-order valence-electron chi connectivity index (χ0n) is 19.9. The van der Waals surface area contributed by atoms with Gasteiger partial charge in [-0.3, -0.25) is 4.90 Å². The summed E-state index contributed by atoms with van der Waals surface area (Å²) in [4.78, 5) is 39.4. The highest BCUT2D eigenvalue weighted by molar-refractivity contribution is 6.00. The summed E-state index contributed by atoms with van der Waals surface area (Å²) in [5.74, 6) is -1.09. The lowest BCUT2D eigenvalue weighted by Gasteiger charge is -2.35. The van der Waals surface area contributed by atoms with Gasteiger partial charge in [-0.05, 0) is 43.2 Å². The van der Waals surface area contributed by atoms with Gasteiger partial charge in [-0.15, -0.1) is 0 Å². The maximum atomic E-state index is 13.8. The van der Waals surface area contributed by atoms with Gasteiger partial charge in [0, 0.05) is 25.0 Å². The van der Waals surface area contributed by atoms with Gasteiger partial charge in [0.05, 0.1) is 23.9 Å². The Kier molecular flexibility index (Phi) is 8.80. The highest BCUT2D eigenvalue weighted by atomic mass is 19.1. The smallest absolute Gasteiger partial charge is 0.338 e. The van der Waals surface area contributed by atoms with E-state index in [4.69, 9.17) is 9.47 Å². The Labute approximate surface area is 203 Å². The number of halogens is 1. The standard InChI is InChI=1S/C25H29FN4O5/c1-4-13-30-16(2)21(23(31)35-15-14-34-3)22(29-25(30)33)17-9-11-18(12-10-17)27-24(32)28-20-8-6-5-7-19(20)26/h5-12,22H,4,13-15H2,1-3H3,(H,29,33)(H2,27,28,32). The van der Waals surface area contributed by atoms with Crippen LogP contribution < -0.4 is 16.0 Å². The van der Waals surface area contributed by atoms with Gasteiger partial charge in [0.2, 0.25) is 0 Å². The maximum absolute atomic E-state index is 13.8. The van der Waals surface area contributed by atoms with Crippen molar-refractivity contribution in [2.24, 2.45) is 0 Å². The van der Waals surface area contributed by atoms with Crippen molar-refractivity contribution in [3.63, 3.8) is 0 Å². The number of carbonyl (C=O) groups is 3. The van der Waals surface area contributed by atoms with Gasteiger partial charge in [-0.25, -0.2) is 18.8 Å². The first kappa shape index (κ1) is 25.7. The van der Waals surface area contributed by atoms with Gasteiger partial charge in [-0.1, -0.05) is 31.2 Å². The third-order valence-corrected chi connectivity index (χ3v) is 5.41. The van der Waals surface area contributed by atoms with Crippen LogP contribution >= 0.6 is 0 Å². The summed E-state index contributed by atoms with van der Waals surface area (Å²) in [7, 11) is 1.51. The monoisotopic (exact) mass is 484 g/mol. The second-order valence-corrected chi connectivity index (χ2v) is 7.84. The predicted molar refractivity (Wildman–Crippen MR) is 129 cm³/mol. The van der Waals surface area contributed by atoms with E-state index in [0.29, 0.717) is 29.1 Å². The number of carbonyl (C=O) groups excluding carboxylic acids is 3. The maximum Gasteiger partial charge on any atom is 0.338 e. The van der Waals surface area contributed by atoms with E-state index in [1.807, 2.05) is 6.92 Å². The molecule has 186 valence electrons. The molecule has 0 fully saturated rings. The predicted octanol–water partition coefficient (Wildman–Crippen LogP) is 4.41. The Hall–Kier alpha value is -3.92. The van der Waals surface area contributed by atoms with Crippen LogP contribution in [0.15, 0.2) is 59.8 Å². The summed E-state index contributed by atoms with van der Waals surface area (Å²) >= 11 is 0. The molecule has 1 aliphatic heterocycles. The molecule has 4 amide bonds. The molecule has 1 atom stereocenters. The van der Waals surface area contributed by atoms with Crippen molar-refractivity contribution >= 4 is 29.4 Å². The summed E-state index contributed by atoms with van der Waals surface area (Å²) in [5.41, 5.74) is 1.98. The first-order valence-electron chi connectivity index (χ1n) is 11.2. The molecule has 9 nitrogen and oxygen atoms in total. The highest BCUT2D eigenvalue weighted by Crippen LogP contribution is 2.32. The summed E-state index contributed by atoms with van der Waals surface area (Å²) in [6, 6.07) is 10.8. The number of methoxy groups -OCH3 is 1. The van der Waals surface area contributed by atoms with Crippen LogP contribution in [0.4, 0.5) is 25.4 Å². The zero-order valence-corrected chi connectivity index (χ0v) is 19.9. The van der Waals surface area contributed by atoms with Crippen molar-refractivity contribution in [2.45, 2.75) is 26.3 Å². The van der Waals surface area contributed by atoms with E-state index in [1.54, 1.807) is 37.3 Å². The van der Waals surface area contributed by atoms with E-state index < -0.39 is 23.9 Å². The number of nitrogens with zero attached hydrogens (tertiary/aromatic N) is 1. The number of benzene rings is 2. The van der Waals surface area contributed by atoms with E-state index in [2.05, 4.69) is 16.0 Å². The minimum atomic E-state index is -0.730. The van der Waals surface area contributed by atoms with Crippen LogP contribution in [0.2, 0.25) is 0 Å². The SMILES string of the molecule is CCCN1C(=O)NC(c2ccc(NC(=O)Nc3ccccc3F)cc2)C(C(=O)OCCOC)=C1C. The Morgan fingerprint density at radius 2 is 1.80 bits per heavy atom. The van der Waals surface area contributed by atoms with E-state index >= 15 is 0 Å². The van der Waals surface area contributed by atoms with Crippen LogP contribution in [0.3, 0.4) is 0 Å². The fourth-order valence-electron chi connectivity index (χ4n) is 3.69. The molecule has 3 rings (SSSR count). The normalized spacial score (nSPS) is 15.5. The van der Waals surface area contributed by atoms with Gasteiger partial charge < -0.3 is 25.4 Å². The highest BCUT2D eigenvalue weighted by Gasteiger charge is 2.36. The van der Waals surface area contributed by atoms with E-state index in [1.165, 1.54) is 30.2 Å². The second kappa shape index (κ2) is 12.0. The largest absolute Gasteiger partial charge is 0.460 e. The molecule has 0 aromatic heterocycles. The van der Waals surface area contributed by atoms with Crippen LogP contribution in [-0.2, 0) is 14.3 Å². The molecule has 1 heterocycles. The number of allylic oxidation sites excluding steroid dienone is 1. The third-order valence-electron chi connectivity index (χ3n) is 5.41. The number of hydrogen-bond acceptors (Lipinski definition) is 5. The molecule has 10 heteroatoms. The topological polar surface area (TPSA) is 109 Å². The lowest BCUT2D eigenvalue weighted by Crippen LogP contribution is -2.48. The average Bonchev–Trinajstić information content (AvgIpc) is 2.83. The Morgan fingerprint density at radius 3 is 2.46 bits per heavy atom. The van der Waals surface area contributed by atoms with Crippen LogP contribution in [0.1, 0.15) is 31.9 Å². The van der Waals surface area contributed by atoms with Crippen LogP contribution in [-0.4, -0.2) is 49.8 Å². The molecule has 0 aliphatic carbocycles. The lowest BCUT2D eigenvalue weighted by molar-refractivity contribution is -0.140.